The standard InChI is InChI=1S/C29H38N6O7S/c1-20-26(35(19-42-20)43(40,41)23-8-3-2-4-9-23)27(37)34-24(28(38)39)18-21-11-13-22(14-12-21)33-25(36)10-5-6-15-30-29-31-16-7-17-32-29/h2-4,8-9,11-14,20,24,26H,5-7,10,15-19H2,1H3,(H,33,36)(H,34,37)(H,38,39)(H2,30,31,32)/t20?,24-,26-/m0/s1. The van der Waals surface area contributed by atoms with Gasteiger partial charge < -0.3 is 31.1 Å². The zero-order valence-corrected chi connectivity index (χ0v) is 24.8. The van der Waals surface area contributed by atoms with E-state index >= 15 is 0 Å². The highest BCUT2D eigenvalue weighted by Crippen LogP contribution is 2.26. The second-order valence-corrected chi connectivity index (χ2v) is 12.3. The molecule has 1 saturated heterocycles. The van der Waals surface area contributed by atoms with Crippen LogP contribution in [0.2, 0.25) is 0 Å². The van der Waals surface area contributed by atoms with Gasteiger partial charge in [-0.25, -0.2) is 13.2 Å². The Morgan fingerprint density at radius 2 is 1.86 bits per heavy atom. The monoisotopic (exact) mass is 614 g/mol. The molecule has 4 rings (SSSR count). The normalized spacial score (nSPS) is 19.5. The van der Waals surface area contributed by atoms with Crippen molar-refractivity contribution in [1.29, 1.82) is 0 Å². The van der Waals surface area contributed by atoms with Gasteiger partial charge in [0.1, 0.15) is 18.8 Å². The zero-order valence-electron chi connectivity index (χ0n) is 24.0. The molecule has 2 aliphatic heterocycles. The number of carboxylic acid groups (broad SMARTS) is 1. The molecule has 1 fully saturated rings. The maximum atomic E-state index is 13.2. The number of hydrogen-bond donors (Lipinski definition) is 5. The topological polar surface area (TPSA) is 179 Å². The third-order valence-corrected chi connectivity index (χ3v) is 8.97. The maximum Gasteiger partial charge on any atom is 0.326 e. The number of nitrogens with one attached hydrogen (secondary N) is 4. The summed E-state index contributed by atoms with van der Waals surface area (Å²) in [7, 11) is -4.05. The van der Waals surface area contributed by atoms with Gasteiger partial charge in [-0.05, 0) is 56.0 Å². The number of guanidine groups is 1. The number of carbonyl (C=O) groups is 3. The summed E-state index contributed by atoms with van der Waals surface area (Å²) in [5.74, 6) is -1.35. The Hall–Kier alpha value is -4.01. The van der Waals surface area contributed by atoms with Crippen molar-refractivity contribution in [3.63, 3.8) is 0 Å². The van der Waals surface area contributed by atoms with Gasteiger partial charge in [0.05, 0.1) is 11.0 Å². The molecule has 0 aliphatic carbocycles. The van der Waals surface area contributed by atoms with Crippen LogP contribution in [-0.2, 0) is 35.6 Å². The fourth-order valence-corrected chi connectivity index (χ4v) is 6.33. The molecule has 43 heavy (non-hydrogen) atoms. The summed E-state index contributed by atoms with van der Waals surface area (Å²) in [5.41, 5.74) is 1.18. The highest BCUT2D eigenvalue weighted by molar-refractivity contribution is 7.89. The SMILES string of the molecule is CC1OCN(S(=O)(=O)c2ccccc2)[C@@H]1C(=O)N[C@@H](Cc1ccc(NC(=O)CCCCNC2=NCCCN2)cc1)C(=O)O. The Bertz CT molecular complexity index is 1400. The van der Waals surface area contributed by atoms with E-state index in [2.05, 4.69) is 26.3 Å². The van der Waals surface area contributed by atoms with Gasteiger partial charge in [0.25, 0.3) is 0 Å². The van der Waals surface area contributed by atoms with Crippen LogP contribution in [0.1, 0.15) is 38.2 Å². The average Bonchev–Trinajstić information content (AvgIpc) is 3.40. The molecule has 14 heteroatoms. The smallest absolute Gasteiger partial charge is 0.326 e. The molecule has 0 aromatic heterocycles. The van der Waals surface area contributed by atoms with E-state index in [1.54, 1.807) is 49.4 Å². The summed E-state index contributed by atoms with van der Waals surface area (Å²) in [6.07, 6.45) is 2.08. The van der Waals surface area contributed by atoms with Crippen molar-refractivity contribution in [2.45, 2.75) is 62.1 Å². The van der Waals surface area contributed by atoms with E-state index in [1.165, 1.54) is 12.1 Å². The van der Waals surface area contributed by atoms with Crippen molar-refractivity contribution >= 4 is 39.5 Å². The van der Waals surface area contributed by atoms with Gasteiger partial charge in [0.2, 0.25) is 21.8 Å². The van der Waals surface area contributed by atoms with E-state index in [9.17, 15) is 27.9 Å². The molecule has 13 nitrogen and oxygen atoms in total. The number of nitrogens with zero attached hydrogens (tertiary/aromatic N) is 2. The number of anilines is 1. The molecule has 0 bridgehead atoms. The molecule has 0 saturated carbocycles. The lowest BCUT2D eigenvalue weighted by atomic mass is 10.0. The van der Waals surface area contributed by atoms with Crippen molar-refractivity contribution in [3.05, 3.63) is 60.2 Å². The van der Waals surface area contributed by atoms with Gasteiger partial charge in [-0.3, -0.25) is 14.6 Å². The molecule has 232 valence electrons. The number of ether oxygens (including phenoxy) is 1. The molecule has 3 atom stereocenters. The molecule has 2 aromatic rings. The predicted octanol–water partition coefficient (Wildman–Crippen LogP) is 1.28. The van der Waals surface area contributed by atoms with Crippen molar-refractivity contribution in [2.24, 2.45) is 4.99 Å². The fraction of sp³-hybridized carbons (Fsp3) is 0.448. The quantitative estimate of drug-likeness (QED) is 0.208. The summed E-state index contributed by atoms with van der Waals surface area (Å²) < 4.78 is 32.8. The summed E-state index contributed by atoms with van der Waals surface area (Å²) in [5, 5.41) is 21.5. The third-order valence-electron chi connectivity index (χ3n) is 7.15. The lowest BCUT2D eigenvalue weighted by molar-refractivity contribution is -0.142. The fourth-order valence-electron chi connectivity index (χ4n) is 4.80. The van der Waals surface area contributed by atoms with Crippen LogP contribution < -0.4 is 21.3 Å². The van der Waals surface area contributed by atoms with Crippen LogP contribution in [0.5, 0.6) is 0 Å². The highest BCUT2D eigenvalue weighted by Gasteiger charge is 2.45. The Balaban J connectivity index is 1.28. The van der Waals surface area contributed by atoms with E-state index in [-0.39, 0.29) is 24.0 Å². The number of carboxylic acids is 1. The summed E-state index contributed by atoms with van der Waals surface area (Å²) in [4.78, 5) is 41.9. The number of hydrogen-bond acceptors (Lipinski definition) is 9. The summed E-state index contributed by atoms with van der Waals surface area (Å²) in [6.45, 7) is 3.69. The lowest BCUT2D eigenvalue weighted by Gasteiger charge is -2.25. The largest absolute Gasteiger partial charge is 0.480 e. The van der Waals surface area contributed by atoms with Gasteiger partial charge in [0, 0.05) is 38.2 Å². The highest BCUT2D eigenvalue weighted by atomic mass is 32.2. The summed E-state index contributed by atoms with van der Waals surface area (Å²) in [6, 6.07) is 11.8. The van der Waals surface area contributed by atoms with E-state index in [1.807, 2.05) is 0 Å². The first-order valence-corrected chi connectivity index (χ1v) is 15.7. The van der Waals surface area contributed by atoms with Crippen molar-refractivity contribution in [3.8, 4) is 0 Å². The Kier molecular flexibility index (Phi) is 11.1. The molecule has 5 N–H and O–H groups in total. The zero-order chi connectivity index (χ0) is 30.8. The van der Waals surface area contributed by atoms with Crippen LogP contribution in [0.15, 0.2) is 64.5 Å². The molecule has 0 spiro atoms. The second kappa shape index (κ2) is 14.9. The van der Waals surface area contributed by atoms with Gasteiger partial charge >= 0.3 is 5.97 Å². The Morgan fingerprint density at radius 3 is 2.53 bits per heavy atom. The Morgan fingerprint density at radius 1 is 1.12 bits per heavy atom. The number of carbonyl (C=O) groups excluding carboxylic acids is 2. The van der Waals surface area contributed by atoms with Crippen LogP contribution in [0.25, 0.3) is 0 Å². The van der Waals surface area contributed by atoms with Crippen LogP contribution in [0, 0.1) is 0 Å². The first-order valence-electron chi connectivity index (χ1n) is 14.3. The molecular formula is C29H38N6O7S. The van der Waals surface area contributed by atoms with Crippen molar-refractivity contribution in [1.82, 2.24) is 20.3 Å². The van der Waals surface area contributed by atoms with Gasteiger partial charge in [-0.2, -0.15) is 4.31 Å². The Labute approximate surface area is 251 Å². The number of aliphatic carboxylic acids is 1. The molecule has 0 radical (unpaired) electrons. The van der Waals surface area contributed by atoms with Crippen LogP contribution in [0.4, 0.5) is 5.69 Å². The van der Waals surface area contributed by atoms with E-state index in [0.29, 0.717) is 24.1 Å². The number of amides is 2. The number of sulfonamides is 1. The molecular weight excluding hydrogens is 576 g/mol. The first-order chi connectivity index (χ1) is 20.6. The maximum absolute atomic E-state index is 13.2. The number of rotatable bonds is 13. The number of aliphatic imine (C=N–C) groups is 1. The van der Waals surface area contributed by atoms with Crippen molar-refractivity contribution in [2.75, 3.05) is 31.7 Å². The number of benzene rings is 2. The minimum atomic E-state index is -4.05. The molecule has 2 amide bonds. The number of unbranched alkanes of at least 4 members (excludes halogenated alkanes) is 1. The van der Waals surface area contributed by atoms with Crippen LogP contribution in [-0.4, -0.2) is 86.1 Å². The first kappa shape index (κ1) is 31.9. The molecule has 2 aromatic carbocycles. The van der Waals surface area contributed by atoms with Crippen molar-refractivity contribution < 1.29 is 32.6 Å². The van der Waals surface area contributed by atoms with E-state index < -0.39 is 40.1 Å². The van der Waals surface area contributed by atoms with E-state index in [0.717, 1.165) is 42.7 Å². The third kappa shape index (κ3) is 8.75. The predicted molar refractivity (Wildman–Crippen MR) is 160 cm³/mol. The minimum Gasteiger partial charge on any atom is -0.480 e. The molecule has 1 unspecified atom stereocenters. The summed E-state index contributed by atoms with van der Waals surface area (Å²) >= 11 is 0. The molecule has 2 aliphatic rings. The second-order valence-electron chi connectivity index (χ2n) is 10.4. The van der Waals surface area contributed by atoms with Crippen LogP contribution >= 0.6 is 0 Å². The van der Waals surface area contributed by atoms with Gasteiger partial charge in [0.15, 0.2) is 5.96 Å². The lowest BCUT2D eigenvalue weighted by Crippen LogP contribution is -2.54. The van der Waals surface area contributed by atoms with E-state index in [4.69, 9.17) is 4.74 Å². The van der Waals surface area contributed by atoms with Crippen LogP contribution in [0.3, 0.4) is 0 Å². The molecule has 2 heterocycles. The minimum absolute atomic E-state index is 0.00658. The van der Waals surface area contributed by atoms with Gasteiger partial charge in [-0.15, -0.1) is 0 Å². The van der Waals surface area contributed by atoms with Gasteiger partial charge in [-0.1, -0.05) is 30.3 Å². The average molecular weight is 615 g/mol.